The van der Waals surface area contributed by atoms with Gasteiger partial charge >= 0.3 is 0 Å². The number of thiocarbonyl (C=S) groups is 1. The molecule has 2 aliphatic rings. The van der Waals surface area contributed by atoms with Gasteiger partial charge in [0.25, 0.3) is 5.91 Å². The van der Waals surface area contributed by atoms with E-state index in [1.807, 2.05) is 0 Å². The predicted octanol–water partition coefficient (Wildman–Crippen LogP) is 2.16. The predicted molar refractivity (Wildman–Crippen MR) is 112 cm³/mol. The number of benzene rings is 1. The first kappa shape index (κ1) is 21.0. The van der Waals surface area contributed by atoms with E-state index in [9.17, 15) is 13.2 Å². The summed E-state index contributed by atoms with van der Waals surface area (Å²) in [5.74, 6) is 0.107. The van der Waals surface area contributed by atoms with Crippen LogP contribution in [0, 0.1) is 5.92 Å². The van der Waals surface area contributed by atoms with Gasteiger partial charge in [0.15, 0.2) is 5.11 Å². The Hall–Kier alpha value is -1.71. The van der Waals surface area contributed by atoms with Crippen molar-refractivity contribution in [3.8, 4) is 0 Å². The molecule has 1 saturated carbocycles. The van der Waals surface area contributed by atoms with E-state index < -0.39 is 15.9 Å². The largest absolute Gasteiger partial charge is 0.358 e. The van der Waals surface area contributed by atoms with E-state index in [-0.39, 0.29) is 10.5 Å². The van der Waals surface area contributed by atoms with Crippen LogP contribution in [0.25, 0.3) is 0 Å². The molecule has 3 N–H and O–H groups in total. The van der Waals surface area contributed by atoms with Gasteiger partial charge in [-0.25, -0.2) is 8.42 Å². The van der Waals surface area contributed by atoms with Crippen molar-refractivity contribution < 1.29 is 13.2 Å². The van der Waals surface area contributed by atoms with Crippen LogP contribution in [0.1, 0.15) is 55.8 Å². The molecule has 0 aromatic heterocycles. The molecule has 0 spiro atoms. The fourth-order valence-electron chi connectivity index (χ4n) is 3.80. The average Bonchev–Trinajstić information content (AvgIpc) is 3.24. The molecule has 154 valence electrons. The number of carbonyl (C=O) groups is 1. The molecule has 1 aliphatic carbocycles. The van der Waals surface area contributed by atoms with Gasteiger partial charge in [0, 0.05) is 24.7 Å². The summed E-state index contributed by atoms with van der Waals surface area (Å²) in [4.78, 5) is 12.6. The third kappa shape index (κ3) is 5.01. The molecule has 1 aliphatic heterocycles. The zero-order valence-electron chi connectivity index (χ0n) is 16.1. The maximum atomic E-state index is 12.7. The van der Waals surface area contributed by atoms with Crippen molar-refractivity contribution in [1.29, 1.82) is 0 Å². The number of hydrogen-bond donors (Lipinski definition) is 3. The van der Waals surface area contributed by atoms with Crippen LogP contribution in [-0.4, -0.2) is 42.9 Å². The average molecular weight is 425 g/mol. The number of nitrogens with one attached hydrogen (secondary N) is 3. The molecule has 1 aromatic rings. The van der Waals surface area contributed by atoms with Gasteiger partial charge in [-0.1, -0.05) is 25.8 Å². The monoisotopic (exact) mass is 424 g/mol. The van der Waals surface area contributed by atoms with E-state index in [1.54, 1.807) is 12.1 Å². The molecule has 0 radical (unpaired) electrons. The molecule has 3 rings (SSSR count). The Morgan fingerprint density at radius 2 is 1.82 bits per heavy atom. The molecule has 0 bridgehead atoms. The summed E-state index contributed by atoms with van der Waals surface area (Å²) in [7, 11) is -3.56. The van der Waals surface area contributed by atoms with Crippen LogP contribution in [0.5, 0.6) is 0 Å². The Bertz CT molecular complexity index is 822. The molecule has 28 heavy (non-hydrogen) atoms. The lowest BCUT2D eigenvalue weighted by atomic mass is 9.86. The fourth-order valence-corrected chi connectivity index (χ4v) is 5.56. The lowest BCUT2D eigenvalue weighted by molar-refractivity contribution is 0.0943. The first-order valence-corrected chi connectivity index (χ1v) is 11.7. The number of carbonyl (C=O) groups excluding carboxylic acids is 1. The van der Waals surface area contributed by atoms with Gasteiger partial charge in [0.05, 0.1) is 4.90 Å². The van der Waals surface area contributed by atoms with Gasteiger partial charge in [-0.05, 0) is 62.0 Å². The van der Waals surface area contributed by atoms with E-state index in [4.69, 9.17) is 12.2 Å². The Labute approximate surface area is 172 Å². The molecule has 1 saturated heterocycles. The summed E-state index contributed by atoms with van der Waals surface area (Å²) in [6.45, 7) is 3.25. The van der Waals surface area contributed by atoms with Crippen molar-refractivity contribution in [3.05, 3.63) is 29.8 Å². The Morgan fingerprint density at radius 1 is 1.11 bits per heavy atom. The summed E-state index contributed by atoms with van der Waals surface area (Å²) < 4.78 is 26.8. The lowest BCUT2D eigenvalue weighted by Gasteiger charge is -2.30. The minimum Gasteiger partial charge on any atom is -0.358 e. The number of hydrogen-bond acceptors (Lipinski definition) is 4. The minimum atomic E-state index is -3.56. The zero-order chi connectivity index (χ0) is 20.1. The highest BCUT2D eigenvalue weighted by atomic mass is 32.2. The maximum Gasteiger partial charge on any atom is 0.269 e. The number of hydrazine groups is 1. The standard InChI is InChI=1S/C19H28N4O3S2/c1-14-7-2-3-10-17(14)20-19(27)22-21-18(24)15-8-6-9-16(13-15)28(25,26)23-11-4-5-12-23/h6,8-9,13-14,17H,2-5,7,10-12H2,1H3,(H,21,24)(H2,20,22,27)/t14-,17-/m1/s1. The summed E-state index contributed by atoms with van der Waals surface area (Å²) in [5.41, 5.74) is 5.54. The Kier molecular flexibility index (Phi) is 6.90. The summed E-state index contributed by atoms with van der Waals surface area (Å²) in [6.07, 6.45) is 6.39. The zero-order valence-corrected chi connectivity index (χ0v) is 17.7. The van der Waals surface area contributed by atoms with Crippen molar-refractivity contribution >= 4 is 33.3 Å². The van der Waals surface area contributed by atoms with Crippen LogP contribution in [0.2, 0.25) is 0 Å². The number of sulfonamides is 1. The van der Waals surface area contributed by atoms with Gasteiger partial charge in [-0.15, -0.1) is 0 Å². The Morgan fingerprint density at radius 3 is 2.54 bits per heavy atom. The highest BCUT2D eigenvalue weighted by Gasteiger charge is 2.27. The Balaban J connectivity index is 1.58. The third-order valence-corrected chi connectivity index (χ3v) is 7.63. The number of nitrogens with zero attached hydrogens (tertiary/aromatic N) is 1. The van der Waals surface area contributed by atoms with Crippen molar-refractivity contribution in [2.45, 2.75) is 56.4 Å². The van der Waals surface area contributed by atoms with Gasteiger partial charge in [0.2, 0.25) is 10.0 Å². The van der Waals surface area contributed by atoms with Crippen LogP contribution in [0.4, 0.5) is 0 Å². The number of rotatable bonds is 4. The lowest BCUT2D eigenvalue weighted by Crippen LogP contribution is -2.51. The highest BCUT2D eigenvalue weighted by molar-refractivity contribution is 7.89. The van der Waals surface area contributed by atoms with Gasteiger partial charge in [-0.2, -0.15) is 4.31 Å². The smallest absolute Gasteiger partial charge is 0.269 e. The molecule has 2 atom stereocenters. The van der Waals surface area contributed by atoms with E-state index in [0.29, 0.717) is 30.2 Å². The molecule has 1 aromatic carbocycles. The van der Waals surface area contributed by atoms with E-state index in [2.05, 4.69) is 23.1 Å². The fraction of sp³-hybridized carbons (Fsp3) is 0.579. The van der Waals surface area contributed by atoms with E-state index in [0.717, 1.165) is 19.3 Å². The molecule has 7 nitrogen and oxygen atoms in total. The summed E-state index contributed by atoms with van der Waals surface area (Å²) in [6, 6.07) is 6.40. The van der Waals surface area contributed by atoms with Crippen LogP contribution < -0.4 is 16.2 Å². The maximum absolute atomic E-state index is 12.7. The van der Waals surface area contributed by atoms with Crippen molar-refractivity contribution in [1.82, 2.24) is 20.5 Å². The molecular weight excluding hydrogens is 396 g/mol. The molecule has 1 heterocycles. The molecular formula is C19H28N4O3S2. The van der Waals surface area contributed by atoms with Crippen LogP contribution in [-0.2, 0) is 10.0 Å². The third-order valence-electron chi connectivity index (χ3n) is 5.52. The summed E-state index contributed by atoms with van der Waals surface area (Å²) >= 11 is 5.27. The second-order valence-corrected chi connectivity index (χ2v) is 9.91. The van der Waals surface area contributed by atoms with Crippen molar-refractivity contribution in [2.24, 2.45) is 5.92 Å². The summed E-state index contributed by atoms with van der Waals surface area (Å²) in [5, 5.41) is 3.62. The van der Waals surface area contributed by atoms with Gasteiger partial charge in [-0.3, -0.25) is 15.6 Å². The van der Waals surface area contributed by atoms with Crippen LogP contribution in [0.3, 0.4) is 0 Å². The second-order valence-electron chi connectivity index (χ2n) is 7.56. The quantitative estimate of drug-likeness (QED) is 0.507. The molecule has 9 heteroatoms. The molecule has 0 unspecified atom stereocenters. The molecule has 2 fully saturated rings. The normalized spacial score (nSPS) is 23.2. The van der Waals surface area contributed by atoms with E-state index in [1.165, 1.54) is 35.7 Å². The first-order valence-electron chi connectivity index (χ1n) is 9.85. The van der Waals surface area contributed by atoms with Crippen molar-refractivity contribution in [2.75, 3.05) is 13.1 Å². The topological polar surface area (TPSA) is 90.5 Å². The first-order chi connectivity index (χ1) is 13.4. The van der Waals surface area contributed by atoms with Crippen LogP contribution in [0.15, 0.2) is 29.2 Å². The second kappa shape index (κ2) is 9.19. The minimum absolute atomic E-state index is 0.138. The molecule has 1 amide bonds. The van der Waals surface area contributed by atoms with Crippen molar-refractivity contribution in [3.63, 3.8) is 0 Å². The highest BCUT2D eigenvalue weighted by Crippen LogP contribution is 2.23. The van der Waals surface area contributed by atoms with Crippen LogP contribution >= 0.6 is 12.2 Å². The SMILES string of the molecule is C[C@@H]1CCCC[C@H]1NC(=S)NNC(=O)c1cccc(S(=O)(=O)N2CCCC2)c1. The van der Waals surface area contributed by atoms with Gasteiger partial charge in [0.1, 0.15) is 0 Å². The number of amides is 1. The van der Waals surface area contributed by atoms with Gasteiger partial charge < -0.3 is 5.32 Å². The van der Waals surface area contributed by atoms with E-state index >= 15 is 0 Å².